The molecule has 0 saturated carbocycles. The third kappa shape index (κ3) is 5.45. The number of carbonyl (C=O) groups excluding carboxylic acids is 2. The van der Waals surface area contributed by atoms with Gasteiger partial charge in [0.2, 0.25) is 5.91 Å². The zero-order chi connectivity index (χ0) is 22.3. The highest BCUT2D eigenvalue weighted by atomic mass is 19.1. The molecule has 0 radical (unpaired) electrons. The van der Waals surface area contributed by atoms with Crippen molar-refractivity contribution >= 4 is 17.5 Å². The first kappa shape index (κ1) is 21.0. The van der Waals surface area contributed by atoms with Gasteiger partial charge >= 0.3 is 0 Å². The van der Waals surface area contributed by atoms with E-state index in [1.807, 2.05) is 12.3 Å². The Hall–Kier alpha value is -4.27. The number of anilines is 1. The average Bonchev–Trinajstić information content (AvgIpc) is 3.46. The summed E-state index contributed by atoms with van der Waals surface area (Å²) >= 11 is 0. The molecule has 8 nitrogen and oxygen atoms in total. The lowest BCUT2D eigenvalue weighted by atomic mass is 10.1. The molecule has 2 N–H and O–H groups in total. The van der Waals surface area contributed by atoms with Gasteiger partial charge in [-0.05, 0) is 48.0 Å². The molecule has 0 spiro atoms. The molecule has 0 saturated heterocycles. The molecule has 0 atom stereocenters. The maximum Gasteiger partial charge on any atom is 0.251 e. The highest BCUT2D eigenvalue weighted by Gasteiger charge is 2.09. The topological polar surface area (TPSA) is 93.8 Å². The van der Waals surface area contributed by atoms with Crippen LogP contribution < -0.4 is 10.6 Å². The molecule has 2 amide bonds. The Kier molecular flexibility index (Phi) is 6.35. The molecule has 0 aliphatic carbocycles. The van der Waals surface area contributed by atoms with Crippen LogP contribution in [0.2, 0.25) is 0 Å². The number of hydrogen-bond donors (Lipinski definition) is 2. The van der Waals surface area contributed by atoms with Gasteiger partial charge < -0.3 is 10.6 Å². The second-order valence-corrected chi connectivity index (χ2v) is 7.10. The van der Waals surface area contributed by atoms with Crippen molar-refractivity contribution in [3.8, 4) is 5.69 Å². The zero-order valence-corrected chi connectivity index (χ0v) is 17.1. The van der Waals surface area contributed by atoms with Crippen molar-refractivity contribution in [3.63, 3.8) is 0 Å². The second kappa shape index (κ2) is 9.69. The predicted octanol–water partition coefficient (Wildman–Crippen LogP) is 2.82. The summed E-state index contributed by atoms with van der Waals surface area (Å²) in [5.74, 6) is -0.815. The van der Waals surface area contributed by atoms with E-state index in [2.05, 4.69) is 20.8 Å². The molecule has 0 bridgehead atoms. The Morgan fingerprint density at radius 1 is 1.03 bits per heavy atom. The van der Waals surface area contributed by atoms with Gasteiger partial charge in [0.25, 0.3) is 5.91 Å². The predicted molar refractivity (Wildman–Crippen MR) is 117 cm³/mol. The zero-order valence-electron chi connectivity index (χ0n) is 17.1. The monoisotopic (exact) mass is 432 g/mol. The van der Waals surface area contributed by atoms with Gasteiger partial charge in [-0.1, -0.05) is 12.1 Å². The SMILES string of the molecule is O=C(Cc1cccc(F)c1)Nc1cnn(-c2ccc(C(=O)NCCn3cccn3)cc2)c1. The molecular formula is C23H21FN6O2. The van der Waals surface area contributed by atoms with Crippen LogP contribution in [0.3, 0.4) is 0 Å². The normalized spacial score (nSPS) is 10.7. The van der Waals surface area contributed by atoms with E-state index in [4.69, 9.17) is 0 Å². The molecule has 2 aromatic carbocycles. The van der Waals surface area contributed by atoms with Gasteiger partial charge in [-0.25, -0.2) is 9.07 Å². The van der Waals surface area contributed by atoms with Crippen LogP contribution in [0, 0.1) is 5.82 Å². The number of hydrogen-bond acceptors (Lipinski definition) is 4. The molecule has 4 aromatic rings. The molecule has 9 heteroatoms. The fraction of sp³-hybridized carbons (Fsp3) is 0.130. The number of nitrogens with one attached hydrogen (secondary N) is 2. The number of amides is 2. The Labute approximate surface area is 183 Å². The van der Waals surface area contributed by atoms with E-state index in [1.165, 1.54) is 18.3 Å². The van der Waals surface area contributed by atoms with Crippen molar-refractivity contribution in [3.05, 3.63) is 96.3 Å². The molecule has 4 rings (SSSR count). The molecule has 32 heavy (non-hydrogen) atoms. The largest absolute Gasteiger partial charge is 0.350 e. The van der Waals surface area contributed by atoms with Crippen LogP contribution in [0.5, 0.6) is 0 Å². The Morgan fingerprint density at radius 3 is 2.62 bits per heavy atom. The fourth-order valence-electron chi connectivity index (χ4n) is 3.15. The third-order valence-electron chi connectivity index (χ3n) is 4.70. The Morgan fingerprint density at radius 2 is 1.88 bits per heavy atom. The van der Waals surface area contributed by atoms with Crippen LogP contribution in [0.15, 0.2) is 79.4 Å². The van der Waals surface area contributed by atoms with Crippen molar-refractivity contribution in [1.29, 1.82) is 0 Å². The number of aromatic nitrogens is 4. The molecule has 0 unspecified atom stereocenters. The average molecular weight is 432 g/mol. The van der Waals surface area contributed by atoms with E-state index < -0.39 is 0 Å². The van der Waals surface area contributed by atoms with Crippen LogP contribution in [-0.2, 0) is 17.8 Å². The van der Waals surface area contributed by atoms with Gasteiger partial charge in [0, 0.05) is 24.5 Å². The van der Waals surface area contributed by atoms with E-state index in [9.17, 15) is 14.0 Å². The molecule has 2 heterocycles. The highest BCUT2D eigenvalue weighted by Crippen LogP contribution is 2.14. The first-order valence-electron chi connectivity index (χ1n) is 10.0. The number of carbonyl (C=O) groups is 2. The van der Waals surface area contributed by atoms with Gasteiger partial charge in [0.1, 0.15) is 5.82 Å². The van der Waals surface area contributed by atoms with E-state index in [-0.39, 0.29) is 24.1 Å². The van der Waals surface area contributed by atoms with Crippen LogP contribution in [0.25, 0.3) is 5.69 Å². The smallest absolute Gasteiger partial charge is 0.251 e. The lowest BCUT2D eigenvalue weighted by Crippen LogP contribution is -2.27. The molecule has 0 aliphatic rings. The lowest BCUT2D eigenvalue weighted by molar-refractivity contribution is -0.115. The minimum absolute atomic E-state index is 0.0626. The summed E-state index contributed by atoms with van der Waals surface area (Å²) in [6.07, 6.45) is 6.79. The van der Waals surface area contributed by atoms with Crippen molar-refractivity contribution < 1.29 is 14.0 Å². The van der Waals surface area contributed by atoms with Crippen molar-refractivity contribution in [2.75, 3.05) is 11.9 Å². The fourth-order valence-corrected chi connectivity index (χ4v) is 3.15. The van der Waals surface area contributed by atoms with Gasteiger partial charge in [-0.2, -0.15) is 10.2 Å². The molecule has 0 fully saturated rings. The maximum atomic E-state index is 13.3. The Bertz CT molecular complexity index is 1200. The van der Waals surface area contributed by atoms with Gasteiger partial charge in [-0.3, -0.25) is 14.3 Å². The molecule has 162 valence electrons. The number of halogens is 1. The highest BCUT2D eigenvalue weighted by molar-refractivity contribution is 5.94. The first-order valence-corrected chi connectivity index (χ1v) is 10.0. The minimum Gasteiger partial charge on any atom is -0.350 e. The van der Waals surface area contributed by atoms with Crippen molar-refractivity contribution in [2.45, 2.75) is 13.0 Å². The molecular weight excluding hydrogens is 411 g/mol. The summed E-state index contributed by atoms with van der Waals surface area (Å²) in [6, 6.07) is 14.7. The number of benzene rings is 2. The third-order valence-corrected chi connectivity index (χ3v) is 4.70. The quantitative estimate of drug-likeness (QED) is 0.448. The van der Waals surface area contributed by atoms with E-state index in [0.717, 1.165) is 5.69 Å². The summed E-state index contributed by atoms with van der Waals surface area (Å²) in [4.78, 5) is 24.5. The standard InChI is InChI=1S/C23H21FN6O2/c24-19-4-1-3-17(13-19)14-22(31)28-20-15-27-30(16-20)21-7-5-18(6-8-21)23(32)25-10-12-29-11-2-9-26-29/h1-9,11,13,15-16H,10,12,14H2,(H,25,32)(H,28,31). The van der Waals surface area contributed by atoms with Gasteiger partial charge in [-0.15, -0.1) is 0 Å². The Balaban J connectivity index is 1.31. The van der Waals surface area contributed by atoms with Crippen LogP contribution in [0.4, 0.5) is 10.1 Å². The van der Waals surface area contributed by atoms with Crippen molar-refractivity contribution in [2.24, 2.45) is 0 Å². The summed E-state index contributed by atoms with van der Waals surface area (Å²) in [7, 11) is 0. The van der Waals surface area contributed by atoms with E-state index in [1.54, 1.807) is 58.2 Å². The molecule has 2 aromatic heterocycles. The van der Waals surface area contributed by atoms with Crippen LogP contribution >= 0.6 is 0 Å². The van der Waals surface area contributed by atoms with Gasteiger partial charge in [0.05, 0.1) is 36.7 Å². The summed E-state index contributed by atoms with van der Waals surface area (Å²) in [5.41, 5.74) is 2.38. The minimum atomic E-state index is -0.377. The summed E-state index contributed by atoms with van der Waals surface area (Å²) in [6.45, 7) is 1.07. The van der Waals surface area contributed by atoms with E-state index >= 15 is 0 Å². The maximum absolute atomic E-state index is 13.3. The number of nitrogens with zero attached hydrogens (tertiary/aromatic N) is 4. The van der Waals surface area contributed by atoms with Gasteiger partial charge in [0.15, 0.2) is 0 Å². The van der Waals surface area contributed by atoms with Crippen molar-refractivity contribution in [1.82, 2.24) is 24.9 Å². The second-order valence-electron chi connectivity index (χ2n) is 7.10. The summed E-state index contributed by atoms with van der Waals surface area (Å²) in [5, 5.41) is 13.9. The molecule has 0 aliphatic heterocycles. The lowest BCUT2D eigenvalue weighted by Gasteiger charge is -2.07. The van der Waals surface area contributed by atoms with E-state index in [0.29, 0.717) is 29.9 Å². The van der Waals surface area contributed by atoms with Crippen LogP contribution in [-0.4, -0.2) is 37.9 Å². The first-order chi connectivity index (χ1) is 15.6. The number of rotatable bonds is 8. The summed E-state index contributed by atoms with van der Waals surface area (Å²) < 4.78 is 16.6. The van der Waals surface area contributed by atoms with Crippen LogP contribution in [0.1, 0.15) is 15.9 Å².